The van der Waals surface area contributed by atoms with E-state index < -0.39 is 0 Å². The molecule has 1 aliphatic carbocycles. The zero-order chi connectivity index (χ0) is 19.3. The van der Waals surface area contributed by atoms with Crippen LogP contribution in [0.25, 0.3) is 0 Å². The molecule has 1 aromatic rings. The van der Waals surface area contributed by atoms with E-state index in [0.29, 0.717) is 18.7 Å². The summed E-state index contributed by atoms with van der Waals surface area (Å²) >= 11 is 0. The van der Waals surface area contributed by atoms with Crippen LogP contribution in [0.2, 0.25) is 0 Å². The lowest BCUT2D eigenvalue weighted by atomic mass is 9.81. The molecular formula is C23H33N3O2. The predicted octanol–water partition coefficient (Wildman–Crippen LogP) is 2.46. The molecule has 28 heavy (non-hydrogen) atoms. The number of carbonyl (C=O) groups excluding carboxylic acids is 2. The Morgan fingerprint density at radius 2 is 1.64 bits per heavy atom. The Balaban J connectivity index is 1.23. The van der Waals surface area contributed by atoms with Crippen LogP contribution in [-0.2, 0) is 16.1 Å². The third kappa shape index (κ3) is 4.64. The first kappa shape index (κ1) is 19.6. The van der Waals surface area contributed by atoms with Gasteiger partial charge in [0.05, 0.1) is 6.04 Å². The molecule has 0 radical (unpaired) electrons. The van der Waals surface area contributed by atoms with Gasteiger partial charge in [-0.15, -0.1) is 0 Å². The first-order valence-corrected chi connectivity index (χ1v) is 11.0. The molecule has 3 aliphatic rings. The summed E-state index contributed by atoms with van der Waals surface area (Å²) in [5.74, 6) is 0.890. The van der Waals surface area contributed by atoms with Gasteiger partial charge in [-0.05, 0) is 24.8 Å². The van der Waals surface area contributed by atoms with Gasteiger partial charge in [-0.3, -0.25) is 14.5 Å². The number of nitrogens with zero attached hydrogens (tertiary/aromatic N) is 2. The number of benzene rings is 1. The highest BCUT2D eigenvalue weighted by molar-refractivity contribution is 5.87. The maximum absolute atomic E-state index is 12.9. The fraction of sp³-hybridized carbons (Fsp3) is 0.652. The number of nitrogens with one attached hydrogen (secondary N) is 1. The van der Waals surface area contributed by atoms with Gasteiger partial charge in [-0.2, -0.15) is 0 Å². The van der Waals surface area contributed by atoms with E-state index in [0.717, 1.165) is 45.6 Å². The van der Waals surface area contributed by atoms with Crippen LogP contribution in [0.15, 0.2) is 30.3 Å². The molecule has 152 valence electrons. The van der Waals surface area contributed by atoms with Crippen molar-refractivity contribution in [2.24, 2.45) is 11.8 Å². The fourth-order valence-electron chi connectivity index (χ4n) is 5.05. The van der Waals surface area contributed by atoms with E-state index in [-0.39, 0.29) is 23.8 Å². The van der Waals surface area contributed by atoms with Crippen molar-refractivity contribution in [1.29, 1.82) is 0 Å². The van der Waals surface area contributed by atoms with Gasteiger partial charge >= 0.3 is 0 Å². The quantitative estimate of drug-likeness (QED) is 0.849. The van der Waals surface area contributed by atoms with Crippen molar-refractivity contribution in [1.82, 2.24) is 15.1 Å². The molecule has 5 heteroatoms. The minimum absolute atomic E-state index is 0.0384. The zero-order valence-corrected chi connectivity index (χ0v) is 16.8. The number of Topliss-reactive ketones (excluding diaryl/α,β-unsaturated/α-hetero) is 1. The van der Waals surface area contributed by atoms with Gasteiger partial charge in [0.25, 0.3) is 0 Å². The lowest BCUT2D eigenvalue weighted by Crippen LogP contribution is -2.52. The highest BCUT2D eigenvalue weighted by Crippen LogP contribution is 2.29. The summed E-state index contributed by atoms with van der Waals surface area (Å²) in [6, 6.07) is 10.3. The van der Waals surface area contributed by atoms with Crippen molar-refractivity contribution in [2.75, 3.05) is 32.7 Å². The van der Waals surface area contributed by atoms with Crippen LogP contribution in [0.4, 0.5) is 0 Å². The van der Waals surface area contributed by atoms with Crippen molar-refractivity contribution < 1.29 is 9.59 Å². The Morgan fingerprint density at radius 3 is 2.36 bits per heavy atom. The molecule has 5 nitrogen and oxygen atoms in total. The van der Waals surface area contributed by atoms with Crippen molar-refractivity contribution in [3.8, 4) is 0 Å². The van der Waals surface area contributed by atoms with Gasteiger partial charge in [0.2, 0.25) is 5.91 Å². The Labute approximate surface area is 168 Å². The number of hydrogen-bond acceptors (Lipinski definition) is 4. The molecule has 1 aromatic carbocycles. The van der Waals surface area contributed by atoms with E-state index in [4.69, 9.17) is 0 Å². The molecule has 2 aliphatic heterocycles. The molecular weight excluding hydrogens is 350 g/mol. The third-order valence-corrected chi connectivity index (χ3v) is 6.77. The molecule has 2 heterocycles. The van der Waals surface area contributed by atoms with E-state index in [1.165, 1.54) is 24.8 Å². The highest BCUT2D eigenvalue weighted by Gasteiger charge is 2.38. The summed E-state index contributed by atoms with van der Waals surface area (Å²) in [6.45, 7) is 5.02. The van der Waals surface area contributed by atoms with E-state index in [1.54, 1.807) is 0 Å². The number of carbonyl (C=O) groups is 2. The van der Waals surface area contributed by atoms with Crippen LogP contribution < -0.4 is 5.32 Å². The molecule has 1 N–H and O–H groups in total. The fourth-order valence-corrected chi connectivity index (χ4v) is 5.05. The highest BCUT2D eigenvalue weighted by atomic mass is 16.2. The van der Waals surface area contributed by atoms with Crippen molar-refractivity contribution in [2.45, 2.75) is 51.1 Å². The monoisotopic (exact) mass is 383 g/mol. The number of rotatable bonds is 5. The minimum Gasteiger partial charge on any atom is -0.339 e. The third-order valence-electron chi connectivity index (χ3n) is 6.77. The first-order valence-electron chi connectivity index (χ1n) is 11.0. The van der Waals surface area contributed by atoms with Crippen LogP contribution in [-0.4, -0.2) is 60.3 Å². The minimum atomic E-state index is -0.168. The molecule has 0 bridgehead atoms. The van der Waals surface area contributed by atoms with Crippen LogP contribution in [0.1, 0.15) is 44.1 Å². The summed E-state index contributed by atoms with van der Waals surface area (Å²) in [5, 5.41) is 3.35. The van der Waals surface area contributed by atoms with Gasteiger partial charge < -0.3 is 10.2 Å². The Hall–Kier alpha value is -1.72. The molecule has 1 saturated carbocycles. The summed E-state index contributed by atoms with van der Waals surface area (Å²) in [5.41, 5.74) is 1.32. The van der Waals surface area contributed by atoms with Gasteiger partial charge in [-0.1, -0.05) is 49.6 Å². The van der Waals surface area contributed by atoms with Crippen molar-refractivity contribution in [3.63, 3.8) is 0 Å². The average molecular weight is 384 g/mol. The van der Waals surface area contributed by atoms with E-state index in [9.17, 15) is 9.59 Å². The number of amides is 1. The lowest BCUT2D eigenvalue weighted by Gasteiger charge is -2.36. The topological polar surface area (TPSA) is 52.7 Å². The Kier molecular flexibility index (Phi) is 6.43. The van der Waals surface area contributed by atoms with Gasteiger partial charge in [-0.25, -0.2) is 0 Å². The van der Waals surface area contributed by atoms with Gasteiger partial charge in [0, 0.05) is 51.1 Å². The molecule has 0 aromatic heterocycles. The molecule has 3 fully saturated rings. The predicted molar refractivity (Wildman–Crippen MR) is 110 cm³/mol. The summed E-state index contributed by atoms with van der Waals surface area (Å²) in [6.07, 6.45) is 6.44. The Morgan fingerprint density at radius 1 is 0.929 bits per heavy atom. The van der Waals surface area contributed by atoms with Gasteiger partial charge in [0.1, 0.15) is 5.78 Å². The molecule has 0 spiro atoms. The second-order valence-electron chi connectivity index (χ2n) is 8.72. The molecule has 2 unspecified atom stereocenters. The molecule has 1 amide bonds. The Bertz CT molecular complexity index is 664. The largest absolute Gasteiger partial charge is 0.339 e. The van der Waals surface area contributed by atoms with Crippen molar-refractivity contribution >= 4 is 11.7 Å². The molecule has 2 atom stereocenters. The average Bonchev–Trinajstić information content (AvgIpc) is 3.25. The zero-order valence-electron chi connectivity index (χ0n) is 16.8. The molecule has 4 rings (SSSR count). The first-order chi connectivity index (χ1) is 13.7. The van der Waals surface area contributed by atoms with Crippen LogP contribution in [0.5, 0.6) is 0 Å². The number of piperazine rings is 1. The standard InChI is InChI=1S/C23H33N3O2/c27-22(19-9-5-2-6-10-19)20-15-21(24-16-20)23(28)26-13-11-25(12-14-26)17-18-7-3-1-4-8-18/h1,3-4,7-8,19-21,24H,2,5-6,9-17H2. The van der Waals surface area contributed by atoms with Crippen molar-refractivity contribution in [3.05, 3.63) is 35.9 Å². The lowest BCUT2D eigenvalue weighted by molar-refractivity contribution is -0.135. The number of hydrogen-bond donors (Lipinski definition) is 1. The normalized spacial score (nSPS) is 27.1. The maximum atomic E-state index is 12.9. The van der Waals surface area contributed by atoms with E-state index >= 15 is 0 Å². The summed E-state index contributed by atoms with van der Waals surface area (Å²) in [4.78, 5) is 30.1. The summed E-state index contributed by atoms with van der Waals surface area (Å²) < 4.78 is 0. The second-order valence-corrected chi connectivity index (χ2v) is 8.72. The van der Waals surface area contributed by atoms with E-state index in [2.05, 4.69) is 34.5 Å². The SMILES string of the molecule is O=C(C1CCCCC1)C1CNC(C(=O)N2CCN(Cc3ccccc3)CC2)C1. The maximum Gasteiger partial charge on any atom is 0.239 e. The molecule has 2 saturated heterocycles. The number of ketones is 1. The smallest absolute Gasteiger partial charge is 0.239 e. The second kappa shape index (κ2) is 9.19. The summed E-state index contributed by atoms with van der Waals surface area (Å²) in [7, 11) is 0. The van der Waals surface area contributed by atoms with Gasteiger partial charge in [0.15, 0.2) is 0 Å². The van der Waals surface area contributed by atoms with Crippen LogP contribution in [0, 0.1) is 11.8 Å². The van der Waals surface area contributed by atoms with Crippen LogP contribution >= 0.6 is 0 Å². The van der Waals surface area contributed by atoms with E-state index in [1.807, 2.05) is 11.0 Å². The van der Waals surface area contributed by atoms with Crippen LogP contribution in [0.3, 0.4) is 0 Å².